The summed E-state index contributed by atoms with van der Waals surface area (Å²) in [5.74, 6) is 0. The van der Waals surface area contributed by atoms with E-state index in [4.69, 9.17) is 0 Å². The van der Waals surface area contributed by atoms with Crippen LogP contribution >= 0.6 is 38.5 Å². The molecule has 0 spiro atoms. The van der Waals surface area contributed by atoms with E-state index in [1.165, 1.54) is 9.13 Å². The Morgan fingerprint density at radius 3 is 2.71 bits per heavy atom. The molecule has 1 N–H and O–H groups in total. The third-order valence-electron chi connectivity index (χ3n) is 2.99. The molecule has 3 heteroatoms. The van der Waals surface area contributed by atoms with E-state index in [9.17, 15) is 5.11 Å². The van der Waals surface area contributed by atoms with E-state index >= 15 is 0 Å². The Kier molecular flexibility index (Phi) is 2.69. The van der Waals surface area contributed by atoms with Crippen LogP contribution in [0.15, 0.2) is 18.2 Å². The van der Waals surface area contributed by atoms with Crippen molar-refractivity contribution in [2.45, 2.75) is 30.2 Å². The largest absolute Gasteiger partial charge is 0.387 e. The van der Waals surface area contributed by atoms with Crippen molar-refractivity contribution in [2.24, 2.45) is 0 Å². The van der Waals surface area contributed by atoms with Gasteiger partial charge in [-0.3, -0.25) is 0 Å². The van der Waals surface area contributed by atoms with Gasteiger partial charge < -0.3 is 5.11 Å². The standard InChI is InChI=1S/C11H12BrIO/c1-11(2)8-4-3-6(13)5-7(8)9(14)10(11)12/h3-5,9-10,14H,1-2H3. The first-order chi connectivity index (χ1) is 6.44. The Morgan fingerprint density at radius 2 is 2.07 bits per heavy atom. The van der Waals surface area contributed by atoms with Crippen LogP contribution in [-0.2, 0) is 5.41 Å². The Morgan fingerprint density at radius 1 is 1.43 bits per heavy atom. The molecule has 0 heterocycles. The Hall–Kier alpha value is 0.390. The van der Waals surface area contributed by atoms with E-state index in [-0.39, 0.29) is 16.3 Å². The van der Waals surface area contributed by atoms with Crippen molar-refractivity contribution < 1.29 is 5.11 Å². The van der Waals surface area contributed by atoms with Crippen LogP contribution < -0.4 is 0 Å². The SMILES string of the molecule is CC1(C)c2ccc(I)cc2C(O)C1Br. The monoisotopic (exact) mass is 366 g/mol. The van der Waals surface area contributed by atoms with Gasteiger partial charge in [0.1, 0.15) is 0 Å². The van der Waals surface area contributed by atoms with Gasteiger partial charge in [0, 0.05) is 8.99 Å². The highest BCUT2D eigenvalue weighted by Crippen LogP contribution is 2.48. The van der Waals surface area contributed by atoms with Gasteiger partial charge in [0.25, 0.3) is 0 Å². The topological polar surface area (TPSA) is 20.2 Å². The Bertz CT molecular complexity index is 376. The minimum Gasteiger partial charge on any atom is -0.387 e. The third kappa shape index (κ3) is 1.44. The summed E-state index contributed by atoms with van der Waals surface area (Å²) in [6.45, 7) is 4.32. The second-order valence-corrected chi connectivity index (χ2v) is 6.53. The van der Waals surface area contributed by atoms with Gasteiger partial charge in [-0.1, -0.05) is 35.8 Å². The number of aliphatic hydroxyl groups is 1. The number of fused-ring (bicyclic) bond motifs is 1. The molecule has 0 saturated heterocycles. The van der Waals surface area contributed by atoms with E-state index in [0.717, 1.165) is 5.56 Å². The molecular weight excluding hydrogens is 355 g/mol. The van der Waals surface area contributed by atoms with Crippen LogP contribution in [0.25, 0.3) is 0 Å². The first kappa shape index (κ1) is 10.9. The lowest BCUT2D eigenvalue weighted by atomic mass is 9.86. The van der Waals surface area contributed by atoms with Gasteiger partial charge in [-0.05, 0) is 45.9 Å². The molecule has 1 aromatic carbocycles. The second kappa shape index (κ2) is 3.46. The number of halogens is 2. The molecule has 0 fully saturated rings. The lowest BCUT2D eigenvalue weighted by Crippen LogP contribution is -2.25. The zero-order valence-electron chi connectivity index (χ0n) is 8.09. The fourth-order valence-electron chi connectivity index (χ4n) is 2.07. The summed E-state index contributed by atoms with van der Waals surface area (Å²) in [7, 11) is 0. The van der Waals surface area contributed by atoms with Crippen molar-refractivity contribution in [2.75, 3.05) is 0 Å². The highest BCUT2D eigenvalue weighted by atomic mass is 127. The van der Waals surface area contributed by atoms with E-state index in [2.05, 4.69) is 70.6 Å². The van der Waals surface area contributed by atoms with E-state index < -0.39 is 0 Å². The summed E-state index contributed by atoms with van der Waals surface area (Å²) < 4.78 is 1.18. The molecule has 0 aliphatic heterocycles. The number of hydrogen-bond acceptors (Lipinski definition) is 1. The maximum absolute atomic E-state index is 10.1. The second-order valence-electron chi connectivity index (χ2n) is 4.30. The van der Waals surface area contributed by atoms with Crippen LogP contribution in [0.5, 0.6) is 0 Å². The molecule has 0 bridgehead atoms. The molecule has 2 rings (SSSR count). The van der Waals surface area contributed by atoms with Gasteiger partial charge in [-0.2, -0.15) is 0 Å². The van der Waals surface area contributed by atoms with Crippen LogP contribution in [0.1, 0.15) is 31.1 Å². The summed E-state index contributed by atoms with van der Waals surface area (Å²) in [5, 5.41) is 10.1. The summed E-state index contributed by atoms with van der Waals surface area (Å²) in [5.41, 5.74) is 2.34. The van der Waals surface area contributed by atoms with E-state index in [0.29, 0.717) is 0 Å². The van der Waals surface area contributed by atoms with Crippen molar-refractivity contribution in [3.8, 4) is 0 Å². The molecule has 1 aromatic rings. The molecule has 76 valence electrons. The van der Waals surface area contributed by atoms with Crippen molar-refractivity contribution >= 4 is 38.5 Å². The van der Waals surface area contributed by atoms with E-state index in [1.807, 2.05) is 0 Å². The number of alkyl halides is 1. The van der Waals surface area contributed by atoms with Crippen LogP contribution in [0.2, 0.25) is 0 Å². The fourth-order valence-corrected chi connectivity index (χ4v) is 3.11. The van der Waals surface area contributed by atoms with Crippen molar-refractivity contribution in [3.63, 3.8) is 0 Å². The molecule has 2 unspecified atom stereocenters. The quantitative estimate of drug-likeness (QED) is 0.551. The zero-order chi connectivity index (χ0) is 10.5. The smallest absolute Gasteiger partial charge is 0.0926 e. The van der Waals surface area contributed by atoms with Gasteiger partial charge in [-0.25, -0.2) is 0 Å². The van der Waals surface area contributed by atoms with Gasteiger partial charge in [0.15, 0.2) is 0 Å². The van der Waals surface area contributed by atoms with Gasteiger partial charge >= 0.3 is 0 Å². The van der Waals surface area contributed by atoms with Gasteiger partial charge in [-0.15, -0.1) is 0 Å². The maximum Gasteiger partial charge on any atom is 0.0926 e. The van der Waals surface area contributed by atoms with Crippen LogP contribution in [0.3, 0.4) is 0 Å². The molecule has 1 aliphatic rings. The average molecular weight is 367 g/mol. The molecular formula is C11H12BrIO. The predicted octanol–water partition coefficient (Wildman–Crippen LogP) is 3.38. The number of hydrogen-bond donors (Lipinski definition) is 1. The maximum atomic E-state index is 10.1. The fraction of sp³-hybridized carbons (Fsp3) is 0.455. The summed E-state index contributed by atoms with van der Waals surface area (Å²) in [6, 6.07) is 6.30. The number of aliphatic hydroxyl groups excluding tert-OH is 1. The molecule has 0 aromatic heterocycles. The summed E-state index contributed by atoms with van der Waals surface area (Å²) in [4.78, 5) is 0.114. The lowest BCUT2D eigenvalue weighted by Gasteiger charge is -2.24. The first-order valence-corrected chi connectivity index (χ1v) is 6.56. The highest BCUT2D eigenvalue weighted by molar-refractivity contribution is 14.1. The van der Waals surface area contributed by atoms with Crippen LogP contribution in [0.4, 0.5) is 0 Å². The molecule has 0 amide bonds. The number of rotatable bonds is 0. The van der Waals surface area contributed by atoms with Crippen molar-refractivity contribution in [1.82, 2.24) is 0 Å². The molecule has 14 heavy (non-hydrogen) atoms. The average Bonchev–Trinajstić information content (AvgIpc) is 2.28. The van der Waals surface area contributed by atoms with Crippen molar-refractivity contribution in [3.05, 3.63) is 32.9 Å². The number of benzene rings is 1. The third-order valence-corrected chi connectivity index (χ3v) is 5.31. The Labute approximate surface area is 106 Å². The van der Waals surface area contributed by atoms with Crippen LogP contribution in [0, 0.1) is 3.57 Å². The zero-order valence-corrected chi connectivity index (χ0v) is 11.8. The first-order valence-electron chi connectivity index (χ1n) is 4.56. The summed E-state index contributed by atoms with van der Waals surface area (Å²) in [6.07, 6.45) is -0.380. The summed E-state index contributed by atoms with van der Waals surface area (Å²) >= 11 is 5.85. The lowest BCUT2D eigenvalue weighted by molar-refractivity contribution is 0.171. The van der Waals surface area contributed by atoms with Crippen LogP contribution in [-0.4, -0.2) is 9.93 Å². The van der Waals surface area contributed by atoms with E-state index in [1.54, 1.807) is 0 Å². The van der Waals surface area contributed by atoms with Crippen molar-refractivity contribution in [1.29, 1.82) is 0 Å². The predicted molar refractivity (Wildman–Crippen MR) is 69.9 cm³/mol. The molecule has 2 atom stereocenters. The Balaban J connectivity index is 2.62. The minimum absolute atomic E-state index is 0.0130. The molecule has 0 saturated carbocycles. The van der Waals surface area contributed by atoms with Gasteiger partial charge in [0.2, 0.25) is 0 Å². The molecule has 1 nitrogen and oxygen atoms in total. The minimum atomic E-state index is -0.380. The normalized spacial score (nSPS) is 28.9. The highest BCUT2D eigenvalue weighted by Gasteiger charge is 2.44. The molecule has 1 aliphatic carbocycles. The van der Waals surface area contributed by atoms with Gasteiger partial charge in [0.05, 0.1) is 10.9 Å². The molecule has 0 radical (unpaired) electrons.